The molecular formula is C12H23N3O. The second kappa shape index (κ2) is 5.99. The van der Waals surface area contributed by atoms with Crippen LogP contribution >= 0.6 is 0 Å². The number of hydrogen-bond donors (Lipinski definition) is 1. The fraction of sp³-hybridized carbons (Fsp3) is 0.833. The maximum atomic E-state index is 5.30. The van der Waals surface area contributed by atoms with Crippen LogP contribution in [0.25, 0.3) is 0 Å². The monoisotopic (exact) mass is 225 g/mol. The van der Waals surface area contributed by atoms with E-state index >= 15 is 0 Å². The van der Waals surface area contributed by atoms with E-state index in [4.69, 9.17) is 4.42 Å². The minimum Gasteiger partial charge on any atom is -0.424 e. The smallest absolute Gasteiger partial charge is 0.230 e. The standard InChI is InChI=1S/C12H23N3O/c1-8(2)11(9(3)4)6-13-7-12-15-14-10(5)16-12/h8-9,11,13H,6-7H2,1-5H3. The molecule has 1 N–H and O–H groups in total. The molecule has 0 aliphatic heterocycles. The molecule has 16 heavy (non-hydrogen) atoms. The van der Waals surface area contributed by atoms with Gasteiger partial charge in [0.1, 0.15) is 0 Å². The first-order valence-electron chi connectivity index (χ1n) is 6.00. The highest BCUT2D eigenvalue weighted by Gasteiger charge is 2.17. The van der Waals surface area contributed by atoms with E-state index in [2.05, 4.69) is 43.2 Å². The molecule has 0 bridgehead atoms. The third-order valence-electron chi connectivity index (χ3n) is 2.94. The summed E-state index contributed by atoms with van der Waals surface area (Å²) in [6.07, 6.45) is 0. The van der Waals surface area contributed by atoms with Crippen molar-refractivity contribution in [3.8, 4) is 0 Å². The first-order chi connectivity index (χ1) is 7.50. The lowest BCUT2D eigenvalue weighted by Gasteiger charge is -2.24. The zero-order valence-electron chi connectivity index (χ0n) is 10.9. The van der Waals surface area contributed by atoms with E-state index in [1.807, 2.05) is 6.92 Å². The Morgan fingerprint density at radius 3 is 2.19 bits per heavy atom. The van der Waals surface area contributed by atoms with Gasteiger partial charge in [0.15, 0.2) is 0 Å². The molecule has 0 saturated heterocycles. The summed E-state index contributed by atoms with van der Waals surface area (Å²) < 4.78 is 5.30. The molecule has 0 saturated carbocycles. The molecule has 0 atom stereocenters. The molecule has 92 valence electrons. The van der Waals surface area contributed by atoms with E-state index < -0.39 is 0 Å². The van der Waals surface area contributed by atoms with Gasteiger partial charge in [0.25, 0.3) is 0 Å². The lowest BCUT2D eigenvalue weighted by atomic mass is 9.85. The van der Waals surface area contributed by atoms with Crippen LogP contribution in [0.15, 0.2) is 4.42 Å². The van der Waals surface area contributed by atoms with Gasteiger partial charge in [0.2, 0.25) is 11.8 Å². The summed E-state index contributed by atoms with van der Waals surface area (Å²) in [5.74, 6) is 3.36. The van der Waals surface area contributed by atoms with Crippen molar-refractivity contribution in [3.05, 3.63) is 11.8 Å². The highest BCUT2D eigenvalue weighted by molar-refractivity contribution is 4.79. The van der Waals surface area contributed by atoms with E-state index in [1.54, 1.807) is 0 Å². The molecule has 1 heterocycles. The maximum absolute atomic E-state index is 5.30. The molecule has 0 unspecified atom stereocenters. The Bertz CT molecular complexity index is 299. The Kier molecular flexibility index (Phi) is 4.93. The highest BCUT2D eigenvalue weighted by atomic mass is 16.4. The van der Waals surface area contributed by atoms with Crippen LogP contribution in [-0.2, 0) is 6.54 Å². The van der Waals surface area contributed by atoms with Gasteiger partial charge in [-0.15, -0.1) is 10.2 Å². The van der Waals surface area contributed by atoms with Crippen LogP contribution in [0.3, 0.4) is 0 Å². The highest BCUT2D eigenvalue weighted by Crippen LogP contribution is 2.19. The average Bonchev–Trinajstić information content (AvgIpc) is 2.57. The summed E-state index contributed by atoms with van der Waals surface area (Å²) in [5.41, 5.74) is 0. The molecular weight excluding hydrogens is 202 g/mol. The molecule has 0 amide bonds. The average molecular weight is 225 g/mol. The first kappa shape index (κ1) is 13.2. The van der Waals surface area contributed by atoms with Crippen LogP contribution < -0.4 is 5.32 Å². The molecule has 1 aromatic rings. The SMILES string of the molecule is Cc1nnc(CNCC(C(C)C)C(C)C)o1. The van der Waals surface area contributed by atoms with Crippen molar-refractivity contribution < 1.29 is 4.42 Å². The Labute approximate surface area is 97.8 Å². The lowest BCUT2D eigenvalue weighted by molar-refractivity contribution is 0.271. The quantitative estimate of drug-likeness (QED) is 0.807. The normalized spacial score (nSPS) is 12.0. The molecule has 1 rings (SSSR count). The molecule has 4 heteroatoms. The number of nitrogens with one attached hydrogen (secondary N) is 1. The fourth-order valence-electron chi connectivity index (χ4n) is 2.00. The number of aromatic nitrogens is 2. The zero-order valence-corrected chi connectivity index (χ0v) is 10.9. The predicted molar refractivity (Wildman–Crippen MR) is 63.9 cm³/mol. The molecule has 0 spiro atoms. The predicted octanol–water partition coefficient (Wildman–Crippen LogP) is 2.40. The van der Waals surface area contributed by atoms with Gasteiger partial charge in [-0.1, -0.05) is 27.7 Å². The van der Waals surface area contributed by atoms with E-state index in [9.17, 15) is 0 Å². The summed E-state index contributed by atoms with van der Waals surface area (Å²) in [7, 11) is 0. The van der Waals surface area contributed by atoms with Crippen LogP contribution in [0.1, 0.15) is 39.5 Å². The number of rotatable bonds is 6. The minimum atomic E-state index is 0.626. The van der Waals surface area contributed by atoms with E-state index in [0.29, 0.717) is 36.1 Å². The molecule has 0 aromatic carbocycles. The molecule has 0 aliphatic carbocycles. The van der Waals surface area contributed by atoms with Gasteiger partial charge >= 0.3 is 0 Å². The lowest BCUT2D eigenvalue weighted by Crippen LogP contribution is -2.29. The van der Waals surface area contributed by atoms with Crippen LogP contribution in [-0.4, -0.2) is 16.7 Å². The van der Waals surface area contributed by atoms with E-state index in [-0.39, 0.29) is 0 Å². The van der Waals surface area contributed by atoms with Crippen molar-refractivity contribution in [2.24, 2.45) is 17.8 Å². The van der Waals surface area contributed by atoms with Crippen molar-refractivity contribution in [1.82, 2.24) is 15.5 Å². The van der Waals surface area contributed by atoms with E-state index in [0.717, 1.165) is 6.54 Å². The Balaban J connectivity index is 2.33. The minimum absolute atomic E-state index is 0.626. The van der Waals surface area contributed by atoms with Crippen molar-refractivity contribution in [2.45, 2.75) is 41.2 Å². The summed E-state index contributed by atoms with van der Waals surface area (Å²) in [6.45, 7) is 12.5. The molecule has 4 nitrogen and oxygen atoms in total. The second-order valence-corrected chi connectivity index (χ2v) is 5.00. The second-order valence-electron chi connectivity index (χ2n) is 5.00. The van der Waals surface area contributed by atoms with Gasteiger partial charge in [-0.25, -0.2) is 0 Å². The number of nitrogens with zero attached hydrogens (tertiary/aromatic N) is 2. The summed E-state index contributed by atoms with van der Waals surface area (Å²) in [6, 6.07) is 0. The van der Waals surface area contributed by atoms with Crippen LogP contribution in [0, 0.1) is 24.7 Å². The molecule has 0 aliphatic rings. The third-order valence-corrected chi connectivity index (χ3v) is 2.94. The van der Waals surface area contributed by atoms with Crippen molar-refractivity contribution in [3.63, 3.8) is 0 Å². The molecule has 0 radical (unpaired) electrons. The largest absolute Gasteiger partial charge is 0.424 e. The Morgan fingerprint density at radius 1 is 1.12 bits per heavy atom. The van der Waals surface area contributed by atoms with Crippen molar-refractivity contribution in [2.75, 3.05) is 6.54 Å². The fourth-order valence-corrected chi connectivity index (χ4v) is 2.00. The van der Waals surface area contributed by atoms with Crippen molar-refractivity contribution >= 4 is 0 Å². The molecule has 1 aromatic heterocycles. The van der Waals surface area contributed by atoms with Gasteiger partial charge in [0.05, 0.1) is 6.54 Å². The number of hydrogen-bond acceptors (Lipinski definition) is 4. The van der Waals surface area contributed by atoms with Gasteiger partial charge in [0, 0.05) is 6.92 Å². The van der Waals surface area contributed by atoms with Gasteiger partial charge in [-0.05, 0) is 24.3 Å². The first-order valence-corrected chi connectivity index (χ1v) is 6.00. The topological polar surface area (TPSA) is 51.0 Å². The summed E-state index contributed by atoms with van der Waals surface area (Å²) in [5, 5.41) is 11.1. The third kappa shape index (κ3) is 3.93. The Hall–Kier alpha value is -0.900. The van der Waals surface area contributed by atoms with Gasteiger partial charge < -0.3 is 9.73 Å². The van der Waals surface area contributed by atoms with Gasteiger partial charge in [-0.2, -0.15) is 0 Å². The zero-order chi connectivity index (χ0) is 12.1. The summed E-state index contributed by atoms with van der Waals surface area (Å²) in [4.78, 5) is 0. The maximum Gasteiger partial charge on any atom is 0.230 e. The van der Waals surface area contributed by atoms with Crippen LogP contribution in [0.5, 0.6) is 0 Å². The number of aryl methyl sites for hydroxylation is 1. The Morgan fingerprint density at radius 2 is 1.75 bits per heavy atom. The molecule has 0 fully saturated rings. The van der Waals surface area contributed by atoms with E-state index in [1.165, 1.54) is 0 Å². The summed E-state index contributed by atoms with van der Waals surface area (Å²) >= 11 is 0. The van der Waals surface area contributed by atoms with Gasteiger partial charge in [-0.3, -0.25) is 0 Å². The van der Waals surface area contributed by atoms with Crippen LogP contribution in [0.2, 0.25) is 0 Å². The van der Waals surface area contributed by atoms with Crippen LogP contribution in [0.4, 0.5) is 0 Å². The van der Waals surface area contributed by atoms with Crippen molar-refractivity contribution in [1.29, 1.82) is 0 Å².